The van der Waals surface area contributed by atoms with E-state index in [0.717, 1.165) is 5.56 Å². The summed E-state index contributed by atoms with van der Waals surface area (Å²) in [5.41, 5.74) is 0.784. The Hall–Kier alpha value is -0.660. The van der Waals surface area contributed by atoms with E-state index in [4.69, 9.17) is 0 Å². The van der Waals surface area contributed by atoms with Crippen LogP contribution in [0.5, 0.6) is 0 Å². The zero-order valence-corrected chi connectivity index (χ0v) is 11.8. The predicted octanol–water partition coefficient (Wildman–Crippen LogP) is 3.82. The van der Waals surface area contributed by atoms with E-state index in [0.29, 0.717) is 10.9 Å². The van der Waals surface area contributed by atoms with Crippen LogP contribution in [0.15, 0.2) is 22.7 Å². The molecule has 0 bridgehead atoms. The highest BCUT2D eigenvalue weighted by Gasteiger charge is 2.27. The monoisotopic (exact) mass is 343 g/mol. The minimum Gasteiger partial charge on any atom is -0.372 e. The number of hydrogen-bond acceptors (Lipinski definition) is 2. The molecule has 108 valence electrons. The molecule has 1 aromatic rings. The predicted molar refractivity (Wildman–Crippen MR) is 67.4 cm³/mol. The van der Waals surface area contributed by atoms with Crippen molar-refractivity contribution in [2.24, 2.45) is 0 Å². The summed E-state index contributed by atoms with van der Waals surface area (Å²) in [4.78, 5) is 0. The van der Waals surface area contributed by atoms with Crippen molar-refractivity contribution in [1.82, 2.24) is 5.32 Å². The molecule has 0 amide bonds. The van der Waals surface area contributed by atoms with Crippen molar-refractivity contribution in [3.05, 3.63) is 34.1 Å². The van der Waals surface area contributed by atoms with Gasteiger partial charge in [0, 0.05) is 12.6 Å². The minimum absolute atomic E-state index is 0.0278. The lowest BCUT2D eigenvalue weighted by atomic mass is 10.0. The summed E-state index contributed by atoms with van der Waals surface area (Å²) >= 11 is 3.07. The fourth-order valence-electron chi connectivity index (χ4n) is 1.60. The molecule has 1 rings (SSSR count). The second-order valence-electron chi connectivity index (χ2n) is 3.97. The molecule has 0 aliphatic carbocycles. The number of halogens is 5. The first kappa shape index (κ1) is 16.4. The van der Waals surface area contributed by atoms with Crippen molar-refractivity contribution < 1.29 is 22.3 Å². The maximum Gasteiger partial charge on any atom is 0.411 e. The van der Waals surface area contributed by atoms with Gasteiger partial charge in [-0.05, 0) is 47.1 Å². The zero-order valence-electron chi connectivity index (χ0n) is 10.2. The molecule has 0 heterocycles. The van der Waals surface area contributed by atoms with Crippen LogP contribution in [0.4, 0.5) is 17.6 Å². The summed E-state index contributed by atoms with van der Waals surface area (Å²) in [5.74, 6) is -0.382. The van der Waals surface area contributed by atoms with Crippen LogP contribution >= 0.6 is 15.9 Å². The maximum absolute atomic E-state index is 13.1. The quantitative estimate of drug-likeness (QED) is 0.626. The number of benzene rings is 1. The van der Waals surface area contributed by atoms with E-state index in [1.807, 2.05) is 0 Å². The number of alkyl halides is 3. The maximum atomic E-state index is 13.1. The minimum atomic E-state index is -4.31. The van der Waals surface area contributed by atoms with Crippen LogP contribution in [0.2, 0.25) is 0 Å². The summed E-state index contributed by atoms with van der Waals surface area (Å²) in [6, 6.07) is 4.30. The summed E-state index contributed by atoms with van der Waals surface area (Å²) < 4.78 is 53.6. The van der Waals surface area contributed by atoms with Crippen LogP contribution in [0.3, 0.4) is 0 Å². The second-order valence-corrected chi connectivity index (χ2v) is 4.83. The molecule has 1 N–H and O–H groups in total. The van der Waals surface area contributed by atoms with Crippen LogP contribution in [-0.4, -0.2) is 26.4 Å². The van der Waals surface area contributed by atoms with Gasteiger partial charge < -0.3 is 10.1 Å². The van der Waals surface area contributed by atoms with Gasteiger partial charge in [-0.15, -0.1) is 0 Å². The van der Waals surface area contributed by atoms with Crippen molar-refractivity contribution in [1.29, 1.82) is 0 Å². The third-order valence-corrected chi connectivity index (χ3v) is 3.12. The van der Waals surface area contributed by atoms with Crippen LogP contribution in [-0.2, 0) is 4.74 Å². The van der Waals surface area contributed by atoms with Gasteiger partial charge in [-0.1, -0.05) is 6.07 Å². The highest BCUT2D eigenvalue weighted by molar-refractivity contribution is 9.10. The Balaban J connectivity index is 2.51. The zero-order chi connectivity index (χ0) is 14.5. The van der Waals surface area contributed by atoms with E-state index < -0.39 is 12.8 Å². The van der Waals surface area contributed by atoms with Crippen molar-refractivity contribution in [3.8, 4) is 0 Å². The van der Waals surface area contributed by atoms with Crippen LogP contribution in [0.25, 0.3) is 0 Å². The molecular weight excluding hydrogens is 330 g/mol. The van der Waals surface area contributed by atoms with Gasteiger partial charge in [0.2, 0.25) is 0 Å². The molecule has 7 heteroatoms. The van der Waals surface area contributed by atoms with Gasteiger partial charge in [0.05, 0.1) is 4.47 Å². The highest BCUT2D eigenvalue weighted by atomic mass is 79.9. The first-order valence-electron chi connectivity index (χ1n) is 5.60. The van der Waals surface area contributed by atoms with Crippen molar-refractivity contribution in [2.75, 3.05) is 20.3 Å². The topological polar surface area (TPSA) is 21.3 Å². The summed E-state index contributed by atoms with van der Waals surface area (Å²) in [6.07, 6.45) is -3.95. The first-order chi connectivity index (χ1) is 8.83. The number of nitrogens with one attached hydrogen (secondary N) is 1. The summed E-state index contributed by atoms with van der Waals surface area (Å²) in [7, 11) is 1.69. The van der Waals surface area contributed by atoms with Gasteiger partial charge in [-0.3, -0.25) is 0 Å². The lowest BCUT2D eigenvalue weighted by Gasteiger charge is -2.17. The second kappa shape index (κ2) is 7.21. The van der Waals surface area contributed by atoms with Gasteiger partial charge in [-0.25, -0.2) is 4.39 Å². The molecule has 0 saturated heterocycles. The SMILES string of the molecule is CNC(CCOCC(F)(F)F)c1ccc(F)c(Br)c1. The molecular formula is C12H14BrF4NO. The van der Waals surface area contributed by atoms with E-state index in [1.165, 1.54) is 6.07 Å². The molecule has 0 radical (unpaired) electrons. The van der Waals surface area contributed by atoms with Crippen LogP contribution in [0, 0.1) is 5.82 Å². The molecule has 1 unspecified atom stereocenters. The van der Waals surface area contributed by atoms with Crippen molar-refractivity contribution in [2.45, 2.75) is 18.6 Å². The summed E-state index contributed by atoms with van der Waals surface area (Å²) in [6.45, 7) is -1.28. The smallest absolute Gasteiger partial charge is 0.372 e. The van der Waals surface area contributed by atoms with Gasteiger partial charge in [0.1, 0.15) is 12.4 Å². The van der Waals surface area contributed by atoms with E-state index in [2.05, 4.69) is 26.0 Å². The Kier molecular flexibility index (Phi) is 6.22. The lowest BCUT2D eigenvalue weighted by molar-refractivity contribution is -0.174. The molecule has 0 aromatic heterocycles. The average Bonchev–Trinajstić information content (AvgIpc) is 2.32. The fraction of sp³-hybridized carbons (Fsp3) is 0.500. The van der Waals surface area contributed by atoms with E-state index in [9.17, 15) is 17.6 Å². The largest absolute Gasteiger partial charge is 0.411 e. The van der Waals surface area contributed by atoms with E-state index in [-0.39, 0.29) is 18.5 Å². The Morgan fingerprint density at radius 3 is 2.58 bits per heavy atom. The van der Waals surface area contributed by atoms with Gasteiger partial charge in [0.25, 0.3) is 0 Å². The molecule has 0 aliphatic rings. The molecule has 1 atom stereocenters. The van der Waals surface area contributed by atoms with Crippen LogP contribution < -0.4 is 5.32 Å². The van der Waals surface area contributed by atoms with Crippen molar-refractivity contribution in [3.63, 3.8) is 0 Å². The van der Waals surface area contributed by atoms with Crippen molar-refractivity contribution >= 4 is 15.9 Å². The summed E-state index contributed by atoms with van der Waals surface area (Å²) in [5, 5.41) is 2.96. The number of ether oxygens (including phenoxy) is 1. The standard InChI is InChI=1S/C12H14BrF4NO/c1-18-11(4-5-19-7-12(15,16)17)8-2-3-10(14)9(13)6-8/h2-3,6,11,18H,4-5,7H2,1H3. The average molecular weight is 344 g/mol. The molecule has 0 saturated carbocycles. The highest BCUT2D eigenvalue weighted by Crippen LogP contribution is 2.23. The molecule has 0 aliphatic heterocycles. The Labute approximate surface area is 117 Å². The normalized spacial score (nSPS) is 13.6. The van der Waals surface area contributed by atoms with Gasteiger partial charge >= 0.3 is 6.18 Å². The number of rotatable bonds is 6. The molecule has 1 aromatic carbocycles. The molecule has 2 nitrogen and oxygen atoms in total. The third kappa shape index (κ3) is 5.88. The first-order valence-corrected chi connectivity index (χ1v) is 6.39. The van der Waals surface area contributed by atoms with Crippen LogP contribution in [0.1, 0.15) is 18.0 Å². The lowest BCUT2D eigenvalue weighted by Crippen LogP contribution is -2.21. The van der Waals surface area contributed by atoms with Gasteiger partial charge in [-0.2, -0.15) is 13.2 Å². The van der Waals surface area contributed by atoms with Gasteiger partial charge in [0.15, 0.2) is 0 Å². The Bertz CT molecular complexity index is 411. The Morgan fingerprint density at radius 2 is 2.05 bits per heavy atom. The van der Waals surface area contributed by atoms with E-state index in [1.54, 1.807) is 19.2 Å². The molecule has 19 heavy (non-hydrogen) atoms. The molecule has 0 fully saturated rings. The molecule has 0 spiro atoms. The third-order valence-electron chi connectivity index (χ3n) is 2.51. The number of hydrogen-bond donors (Lipinski definition) is 1. The Morgan fingerprint density at radius 1 is 1.37 bits per heavy atom. The van der Waals surface area contributed by atoms with E-state index >= 15 is 0 Å². The fourth-order valence-corrected chi connectivity index (χ4v) is 1.99.